The molecule has 0 saturated heterocycles. The van der Waals surface area contributed by atoms with Gasteiger partial charge in [0.2, 0.25) is 0 Å². The molecule has 1 rings (SSSR count). The number of hydrogen-bond donors (Lipinski definition) is 2. The minimum absolute atomic E-state index is 0. The van der Waals surface area contributed by atoms with Crippen molar-refractivity contribution in [3.63, 3.8) is 0 Å². The molecular weight excluding hydrogens is 407 g/mol. The van der Waals surface area contributed by atoms with E-state index >= 15 is 0 Å². The van der Waals surface area contributed by atoms with Gasteiger partial charge in [0.05, 0.1) is 0 Å². The van der Waals surface area contributed by atoms with Gasteiger partial charge in [0.25, 0.3) is 0 Å². The molecule has 1 aliphatic carbocycles. The number of aliphatic imine (C=N–C) groups is 1. The third-order valence-corrected chi connectivity index (χ3v) is 3.68. The van der Waals surface area contributed by atoms with Gasteiger partial charge in [-0.3, -0.25) is 4.99 Å². The Hall–Kier alpha value is -0.730. The summed E-state index contributed by atoms with van der Waals surface area (Å²) in [6, 6.07) is 0.101. The fraction of sp³-hybridized carbons (Fsp3) is 0.875. The van der Waals surface area contributed by atoms with E-state index in [2.05, 4.69) is 15.6 Å². The van der Waals surface area contributed by atoms with Crippen molar-refractivity contribution in [3.05, 3.63) is 0 Å². The zero-order chi connectivity index (χ0) is 16.8. The summed E-state index contributed by atoms with van der Waals surface area (Å²) in [6.45, 7) is 9.40. The molecule has 23 heavy (non-hydrogen) atoms. The van der Waals surface area contributed by atoms with Crippen molar-refractivity contribution in [3.8, 4) is 0 Å². The van der Waals surface area contributed by atoms with Crippen LogP contribution in [-0.4, -0.2) is 55.8 Å². The lowest BCUT2D eigenvalue weighted by molar-refractivity contribution is 0.0230. The van der Waals surface area contributed by atoms with Gasteiger partial charge in [0.15, 0.2) is 5.96 Å². The highest BCUT2D eigenvalue weighted by Gasteiger charge is 2.23. The Kier molecular flexibility index (Phi) is 9.88. The first kappa shape index (κ1) is 22.3. The van der Waals surface area contributed by atoms with E-state index in [0.29, 0.717) is 0 Å². The highest BCUT2D eigenvalue weighted by atomic mass is 127. The molecule has 136 valence electrons. The minimum atomic E-state index is -0.460. The van der Waals surface area contributed by atoms with E-state index in [1.54, 1.807) is 19.0 Å². The number of carbonyl (C=O) groups is 1. The van der Waals surface area contributed by atoms with Gasteiger partial charge in [-0.15, -0.1) is 24.0 Å². The summed E-state index contributed by atoms with van der Waals surface area (Å²) in [5, 5.41) is 6.61. The predicted octanol–water partition coefficient (Wildman–Crippen LogP) is 2.82. The second-order valence-electron chi connectivity index (χ2n) is 7.05. The lowest BCUT2D eigenvalue weighted by atomic mass is 10.2. The van der Waals surface area contributed by atoms with Gasteiger partial charge >= 0.3 is 6.09 Å². The van der Waals surface area contributed by atoms with Gasteiger partial charge in [0, 0.05) is 33.2 Å². The Morgan fingerprint density at radius 3 is 2.43 bits per heavy atom. The average Bonchev–Trinajstić information content (AvgIpc) is 3.23. The summed E-state index contributed by atoms with van der Waals surface area (Å²) < 4.78 is 5.37. The molecule has 0 aliphatic heterocycles. The molecule has 0 aromatic rings. The van der Waals surface area contributed by atoms with Crippen LogP contribution in [0.5, 0.6) is 0 Å². The zero-order valence-corrected chi connectivity index (χ0v) is 17.6. The van der Waals surface area contributed by atoms with Gasteiger partial charge in [0.1, 0.15) is 5.60 Å². The van der Waals surface area contributed by atoms with Gasteiger partial charge in [-0.25, -0.2) is 4.79 Å². The molecule has 0 heterocycles. The standard InChI is InChI=1S/C16H32N4O2.HI/c1-12(20(6)15(21)22-16(2,3)4)9-10-18-14(17-5)19-11-13-7-8-13;/h12-13H,7-11H2,1-6H3,(H2,17,18,19);1H. The summed E-state index contributed by atoms with van der Waals surface area (Å²) in [4.78, 5) is 17.8. The first-order chi connectivity index (χ1) is 10.2. The molecule has 1 aliphatic rings. The Morgan fingerprint density at radius 2 is 1.96 bits per heavy atom. The van der Waals surface area contributed by atoms with E-state index in [-0.39, 0.29) is 36.1 Å². The summed E-state index contributed by atoms with van der Waals surface area (Å²) in [5.74, 6) is 1.65. The third-order valence-electron chi connectivity index (χ3n) is 3.68. The van der Waals surface area contributed by atoms with Crippen LogP contribution in [0.4, 0.5) is 4.79 Å². The lowest BCUT2D eigenvalue weighted by Gasteiger charge is -2.28. The quantitative estimate of drug-likeness (QED) is 0.379. The number of guanidine groups is 1. The number of amides is 1. The number of nitrogens with zero attached hydrogens (tertiary/aromatic N) is 2. The molecule has 0 spiro atoms. The number of halogens is 1. The van der Waals surface area contributed by atoms with Gasteiger partial charge in [-0.05, 0) is 52.9 Å². The van der Waals surface area contributed by atoms with Crippen LogP contribution in [0.1, 0.15) is 47.0 Å². The molecule has 1 saturated carbocycles. The molecule has 1 atom stereocenters. The molecule has 1 fully saturated rings. The molecule has 6 nitrogen and oxygen atoms in total. The van der Waals surface area contributed by atoms with Crippen LogP contribution < -0.4 is 10.6 Å². The molecule has 0 radical (unpaired) electrons. The Bertz CT molecular complexity index is 392. The second-order valence-corrected chi connectivity index (χ2v) is 7.05. The van der Waals surface area contributed by atoms with Crippen molar-refractivity contribution in [2.24, 2.45) is 10.9 Å². The Balaban J connectivity index is 0.00000484. The van der Waals surface area contributed by atoms with Crippen LogP contribution in [0.25, 0.3) is 0 Å². The van der Waals surface area contributed by atoms with E-state index < -0.39 is 5.60 Å². The third kappa shape index (κ3) is 9.88. The maximum atomic E-state index is 12.0. The maximum Gasteiger partial charge on any atom is 0.410 e. The van der Waals surface area contributed by atoms with Crippen molar-refractivity contribution in [1.29, 1.82) is 0 Å². The summed E-state index contributed by atoms with van der Waals surface area (Å²) in [5.41, 5.74) is -0.460. The number of hydrogen-bond acceptors (Lipinski definition) is 3. The van der Waals surface area contributed by atoms with Crippen LogP contribution in [-0.2, 0) is 4.74 Å². The highest BCUT2D eigenvalue weighted by molar-refractivity contribution is 14.0. The Labute approximate surface area is 157 Å². The first-order valence-corrected chi connectivity index (χ1v) is 8.13. The van der Waals surface area contributed by atoms with E-state index in [1.165, 1.54) is 12.8 Å². The van der Waals surface area contributed by atoms with Crippen LogP contribution in [0.15, 0.2) is 4.99 Å². The predicted molar refractivity (Wildman–Crippen MR) is 106 cm³/mol. The van der Waals surface area contributed by atoms with Crippen molar-refractivity contribution < 1.29 is 9.53 Å². The number of rotatable bonds is 6. The minimum Gasteiger partial charge on any atom is -0.444 e. The number of carbonyl (C=O) groups excluding carboxylic acids is 1. The van der Waals surface area contributed by atoms with E-state index in [0.717, 1.165) is 31.4 Å². The molecule has 1 amide bonds. The van der Waals surface area contributed by atoms with Crippen molar-refractivity contribution in [2.45, 2.75) is 58.6 Å². The van der Waals surface area contributed by atoms with Crippen molar-refractivity contribution >= 4 is 36.0 Å². The topological polar surface area (TPSA) is 66.0 Å². The van der Waals surface area contributed by atoms with Crippen LogP contribution in [0.3, 0.4) is 0 Å². The maximum absolute atomic E-state index is 12.0. The van der Waals surface area contributed by atoms with Crippen molar-refractivity contribution in [1.82, 2.24) is 15.5 Å². The molecule has 0 aromatic heterocycles. The number of nitrogens with one attached hydrogen (secondary N) is 2. The van der Waals surface area contributed by atoms with Gasteiger partial charge in [-0.2, -0.15) is 0 Å². The summed E-state index contributed by atoms with van der Waals surface area (Å²) in [6.07, 6.45) is 3.19. The second kappa shape index (κ2) is 10.2. The van der Waals surface area contributed by atoms with Crippen LogP contribution in [0.2, 0.25) is 0 Å². The molecular formula is C16H33IN4O2. The largest absolute Gasteiger partial charge is 0.444 e. The first-order valence-electron chi connectivity index (χ1n) is 8.13. The van der Waals surface area contributed by atoms with Crippen LogP contribution >= 0.6 is 24.0 Å². The number of ether oxygens (including phenoxy) is 1. The normalized spacial score (nSPS) is 16.2. The average molecular weight is 440 g/mol. The van der Waals surface area contributed by atoms with E-state index in [4.69, 9.17) is 4.74 Å². The SMILES string of the molecule is CN=C(NCCC(C)N(C)C(=O)OC(C)(C)C)NCC1CC1.I. The van der Waals surface area contributed by atoms with Gasteiger partial charge < -0.3 is 20.3 Å². The molecule has 0 bridgehead atoms. The molecule has 7 heteroatoms. The molecule has 1 unspecified atom stereocenters. The van der Waals surface area contributed by atoms with Crippen LogP contribution in [0, 0.1) is 5.92 Å². The van der Waals surface area contributed by atoms with E-state index in [1.807, 2.05) is 27.7 Å². The fourth-order valence-electron chi connectivity index (χ4n) is 1.89. The lowest BCUT2D eigenvalue weighted by Crippen LogP contribution is -2.43. The summed E-state index contributed by atoms with van der Waals surface area (Å²) >= 11 is 0. The fourth-order valence-corrected chi connectivity index (χ4v) is 1.89. The smallest absolute Gasteiger partial charge is 0.410 e. The summed E-state index contributed by atoms with van der Waals surface area (Å²) in [7, 11) is 3.55. The monoisotopic (exact) mass is 440 g/mol. The van der Waals surface area contributed by atoms with E-state index in [9.17, 15) is 4.79 Å². The molecule has 0 aromatic carbocycles. The Morgan fingerprint density at radius 1 is 1.35 bits per heavy atom. The molecule has 2 N–H and O–H groups in total. The van der Waals surface area contributed by atoms with Crippen molar-refractivity contribution in [2.75, 3.05) is 27.2 Å². The zero-order valence-electron chi connectivity index (χ0n) is 15.3. The van der Waals surface area contributed by atoms with Gasteiger partial charge in [-0.1, -0.05) is 0 Å². The highest BCUT2D eigenvalue weighted by Crippen LogP contribution is 2.27.